The summed E-state index contributed by atoms with van der Waals surface area (Å²) in [4.78, 5) is 26.0. The van der Waals surface area contributed by atoms with E-state index in [1.807, 2.05) is 6.07 Å². The fourth-order valence-electron chi connectivity index (χ4n) is 2.57. The minimum Gasteiger partial charge on any atom is -0.595 e. The summed E-state index contributed by atoms with van der Waals surface area (Å²) in [6.45, 7) is -0.102. The third-order valence-electron chi connectivity index (χ3n) is 4.03. The largest absolute Gasteiger partial charge is 0.595 e. The number of methoxy groups -OCH3 is 1. The molecule has 0 heterocycles. The second-order valence-electron chi connectivity index (χ2n) is 6.36. The van der Waals surface area contributed by atoms with Gasteiger partial charge in [0.05, 0.1) is 24.9 Å². The first-order chi connectivity index (χ1) is 14.3. The predicted molar refractivity (Wildman–Crippen MR) is 108 cm³/mol. The number of nitrogens with one attached hydrogen (secondary N) is 2. The molecule has 2 aromatic carbocycles. The van der Waals surface area contributed by atoms with Crippen molar-refractivity contribution in [3.63, 3.8) is 0 Å². The van der Waals surface area contributed by atoms with Crippen LogP contribution in [0.15, 0.2) is 42.5 Å². The summed E-state index contributed by atoms with van der Waals surface area (Å²) < 4.78 is 15.7. The summed E-state index contributed by atoms with van der Waals surface area (Å²) >= 11 is 0. The number of carbonyl (C=O) groups excluding carboxylic acids is 2. The maximum Gasteiger partial charge on any atom is 0.340 e. The third kappa shape index (κ3) is 6.34. The first-order valence-electron chi connectivity index (χ1n) is 9.07. The number of quaternary nitrogens is 1. The van der Waals surface area contributed by atoms with Crippen LogP contribution in [0.2, 0.25) is 0 Å². The smallest absolute Gasteiger partial charge is 0.340 e. The number of amides is 1. The van der Waals surface area contributed by atoms with Crippen LogP contribution in [-0.4, -0.2) is 58.0 Å². The van der Waals surface area contributed by atoms with Crippen LogP contribution in [0.4, 0.5) is 11.4 Å². The molecule has 1 amide bonds. The van der Waals surface area contributed by atoms with Crippen LogP contribution >= 0.6 is 0 Å². The molecule has 0 aliphatic rings. The maximum absolute atomic E-state index is 12.4. The summed E-state index contributed by atoms with van der Waals surface area (Å²) in [5.74, 6) is -0.164. The lowest BCUT2D eigenvalue weighted by atomic mass is 10.1. The number of anilines is 1. The van der Waals surface area contributed by atoms with Crippen LogP contribution in [-0.2, 0) is 9.53 Å². The molecule has 0 spiro atoms. The Morgan fingerprint density at radius 3 is 2.50 bits per heavy atom. The van der Waals surface area contributed by atoms with Gasteiger partial charge in [0.25, 0.3) is 5.91 Å². The van der Waals surface area contributed by atoms with Gasteiger partial charge in [-0.3, -0.25) is 4.79 Å². The fraction of sp³-hybridized carbons (Fsp3) is 0.300. The molecule has 0 saturated heterocycles. The Hall–Kier alpha value is -3.34. The number of esters is 1. The molecule has 0 aliphatic carbocycles. The zero-order chi connectivity index (χ0) is 22.1. The van der Waals surface area contributed by atoms with Crippen molar-refractivity contribution in [3.8, 4) is 11.5 Å². The molecule has 3 N–H and O–H groups in total. The highest BCUT2D eigenvalue weighted by Gasteiger charge is 2.18. The Morgan fingerprint density at radius 2 is 1.87 bits per heavy atom. The zero-order valence-corrected chi connectivity index (χ0v) is 17.0. The molecular weight excluding hydrogens is 394 g/mol. The van der Waals surface area contributed by atoms with Crippen LogP contribution in [0.1, 0.15) is 10.4 Å². The Labute approximate surface area is 174 Å². The van der Waals surface area contributed by atoms with E-state index in [0.717, 1.165) is 0 Å². The van der Waals surface area contributed by atoms with Crippen LogP contribution in [0.5, 0.6) is 11.5 Å². The van der Waals surface area contributed by atoms with E-state index in [-0.39, 0.29) is 24.4 Å². The van der Waals surface area contributed by atoms with Crippen LogP contribution < -0.4 is 24.9 Å². The van der Waals surface area contributed by atoms with E-state index in [0.29, 0.717) is 17.2 Å². The fourth-order valence-corrected chi connectivity index (χ4v) is 2.57. The molecule has 10 heteroatoms. The van der Waals surface area contributed by atoms with Crippen molar-refractivity contribution in [2.75, 3.05) is 45.9 Å². The van der Waals surface area contributed by atoms with Gasteiger partial charge in [-0.15, -0.1) is 0 Å². The summed E-state index contributed by atoms with van der Waals surface area (Å²) in [6, 6.07) is 11.2. The van der Waals surface area contributed by atoms with Crippen molar-refractivity contribution in [2.24, 2.45) is 0 Å². The second kappa shape index (κ2) is 11.0. The topological polar surface area (TPSA) is 125 Å². The van der Waals surface area contributed by atoms with E-state index in [2.05, 4.69) is 5.32 Å². The number of hydrogen-bond acceptors (Lipinski definition) is 8. The van der Waals surface area contributed by atoms with E-state index in [1.54, 1.807) is 37.2 Å². The van der Waals surface area contributed by atoms with E-state index in [9.17, 15) is 14.8 Å². The molecule has 2 rings (SSSR count). The minimum absolute atomic E-state index is 0.0505. The zero-order valence-electron chi connectivity index (χ0n) is 17.0. The first-order valence-corrected chi connectivity index (χ1v) is 9.07. The predicted octanol–water partition coefficient (Wildman–Crippen LogP) is 0.517. The number of rotatable bonds is 10. The average molecular weight is 419 g/mol. The van der Waals surface area contributed by atoms with Gasteiger partial charge in [0.1, 0.15) is 6.61 Å². The van der Waals surface area contributed by atoms with E-state index in [1.165, 1.54) is 25.3 Å². The monoisotopic (exact) mass is 419 g/mol. The van der Waals surface area contributed by atoms with Crippen molar-refractivity contribution in [1.82, 2.24) is 5.32 Å². The molecule has 1 unspecified atom stereocenters. The maximum atomic E-state index is 12.4. The Balaban J connectivity index is 1.84. The van der Waals surface area contributed by atoms with Gasteiger partial charge < -0.3 is 29.6 Å². The van der Waals surface area contributed by atoms with Gasteiger partial charge in [0.2, 0.25) is 0 Å². The quantitative estimate of drug-likeness (QED) is 0.289. The summed E-state index contributed by atoms with van der Waals surface area (Å²) in [5.41, 5.74) is 0.494. The van der Waals surface area contributed by atoms with Gasteiger partial charge in [-0.25, -0.2) is 10.0 Å². The van der Waals surface area contributed by atoms with Gasteiger partial charge in [-0.05, 0) is 18.2 Å². The van der Waals surface area contributed by atoms with Crippen LogP contribution in [0.3, 0.4) is 0 Å². The van der Waals surface area contributed by atoms with Gasteiger partial charge in [0.15, 0.2) is 23.8 Å². The van der Waals surface area contributed by atoms with Gasteiger partial charge >= 0.3 is 5.97 Å². The lowest BCUT2D eigenvalue weighted by Crippen LogP contribution is -2.99. The Kier molecular flexibility index (Phi) is 8.41. The highest BCUT2D eigenvalue weighted by Crippen LogP contribution is 2.25. The summed E-state index contributed by atoms with van der Waals surface area (Å²) in [6.07, 6.45) is 0. The molecule has 0 saturated carbocycles. The van der Waals surface area contributed by atoms with Gasteiger partial charge in [0, 0.05) is 26.2 Å². The normalized spacial score (nSPS) is 11.4. The van der Waals surface area contributed by atoms with E-state index >= 15 is 0 Å². The van der Waals surface area contributed by atoms with Gasteiger partial charge in [-0.1, -0.05) is 12.1 Å². The Morgan fingerprint density at radius 1 is 1.17 bits per heavy atom. The second-order valence-corrected chi connectivity index (χ2v) is 6.36. The number of para-hydroxylation sites is 2. The van der Waals surface area contributed by atoms with Gasteiger partial charge in [-0.2, -0.15) is 5.23 Å². The molecule has 0 fully saturated rings. The standard InChI is InChI=1S/C20H25N3O7/c1-22(2)16-9-8-14(23(26)27)12-15(16)20(25)30-13-19(24)21-10-11-29-18-7-5-4-6-17(18)28-3/h4-9,12,23,26H,10-11,13H2,1-3H3,(H,21,24). The number of hydrogen-bond donors (Lipinski definition) is 3. The number of benzene rings is 2. The van der Waals surface area contributed by atoms with Crippen LogP contribution in [0, 0.1) is 5.21 Å². The average Bonchev–Trinajstić information content (AvgIpc) is 2.74. The van der Waals surface area contributed by atoms with Crippen molar-refractivity contribution >= 4 is 23.3 Å². The number of carbonyl (C=O) groups is 2. The highest BCUT2D eigenvalue weighted by atomic mass is 16.8. The van der Waals surface area contributed by atoms with Crippen molar-refractivity contribution < 1.29 is 34.2 Å². The lowest BCUT2D eigenvalue weighted by molar-refractivity contribution is -0.991. The first kappa shape index (κ1) is 22.9. The summed E-state index contributed by atoms with van der Waals surface area (Å²) in [7, 11) is 4.95. The molecule has 30 heavy (non-hydrogen) atoms. The third-order valence-corrected chi connectivity index (χ3v) is 4.03. The molecule has 162 valence electrons. The highest BCUT2D eigenvalue weighted by molar-refractivity contribution is 5.97. The minimum atomic E-state index is -1.16. The molecule has 2 aromatic rings. The lowest BCUT2D eigenvalue weighted by Gasteiger charge is -2.19. The molecule has 0 bridgehead atoms. The van der Waals surface area contributed by atoms with E-state index in [4.69, 9.17) is 19.4 Å². The molecule has 0 aromatic heterocycles. The molecular formula is C20H25N3O7. The Bertz CT molecular complexity index is 871. The molecule has 0 aliphatic heterocycles. The van der Waals surface area contributed by atoms with E-state index < -0.39 is 23.7 Å². The number of ether oxygens (including phenoxy) is 3. The molecule has 0 radical (unpaired) electrons. The number of nitrogens with zero attached hydrogens (tertiary/aromatic N) is 1. The molecule has 10 nitrogen and oxygen atoms in total. The summed E-state index contributed by atoms with van der Waals surface area (Å²) in [5, 5.41) is 21.7. The van der Waals surface area contributed by atoms with Crippen molar-refractivity contribution in [2.45, 2.75) is 0 Å². The van der Waals surface area contributed by atoms with Crippen LogP contribution in [0.25, 0.3) is 0 Å². The van der Waals surface area contributed by atoms with Crippen molar-refractivity contribution in [1.29, 1.82) is 0 Å². The SMILES string of the molecule is COc1ccccc1OCCNC(=O)COC(=O)c1cc([NH+]([O-])O)ccc1N(C)C. The molecule has 1 atom stereocenters. The van der Waals surface area contributed by atoms with Crippen molar-refractivity contribution in [3.05, 3.63) is 53.2 Å².